The fourth-order valence-electron chi connectivity index (χ4n) is 3.25. The van der Waals surface area contributed by atoms with E-state index in [1.807, 2.05) is 31.2 Å². The summed E-state index contributed by atoms with van der Waals surface area (Å²) in [5.74, 6) is 0.619. The molecule has 0 unspecified atom stereocenters. The summed E-state index contributed by atoms with van der Waals surface area (Å²) in [6, 6.07) is 14.2. The van der Waals surface area contributed by atoms with Crippen LogP contribution in [0.15, 0.2) is 58.0 Å². The Balaban J connectivity index is 1.82. The lowest BCUT2D eigenvalue weighted by atomic mass is 9.88. The number of aliphatic imine (C=N–C) groups is 1. The van der Waals surface area contributed by atoms with Gasteiger partial charge in [0.2, 0.25) is 0 Å². The predicted molar refractivity (Wildman–Crippen MR) is 96.4 cm³/mol. The molecular formula is C20H16ClFN2O. The van der Waals surface area contributed by atoms with Gasteiger partial charge in [-0.2, -0.15) is 0 Å². The Kier molecular flexibility index (Phi) is 4.14. The van der Waals surface area contributed by atoms with Crippen LogP contribution < -0.4 is 0 Å². The minimum atomic E-state index is -0.262. The van der Waals surface area contributed by atoms with Gasteiger partial charge in [0, 0.05) is 17.2 Å². The van der Waals surface area contributed by atoms with Gasteiger partial charge >= 0.3 is 0 Å². The van der Waals surface area contributed by atoms with E-state index in [1.54, 1.807) is 12.1 Å². The highest BCUT2D eigenvalue weighted by molar-refractivity contribution is 6.31. The Morgan fingerprint density at radius 2 is 1.84 bits per heavy atom. The number of rotatable bonds is 2. The highest BCUT2D eigenvalue weighted by Crippen LogP contribution is 2.38. The largest absolute Gasteiger partial charge is 0.359 e. The molecule has 25 heavy (non-hydrogen) atoms. The lowest BCUT2D eigenvalue weighted by Gasteiger charge is -2.17. The maximum atomic E-state index is 13.3. The zero-order chi connectivity index (χ0) is 17.4. The molecule has 2 aromatic carbocycles. The van der Waals surface area contributed by atoms with Crippen LogP contribution in [0.4, 0.5) is 10.1 Å². The fourth-order valence-corrected chi connectivity index (χ4v) is 3.54. The first kappa shape index (κ1) is 16.0. The van der Waals surface area contributed by atoms with Crippen molar-refractivity contribution in [3.63, 3.8) is 0 Å². The summed E-state index contributed by atoms with van der Waals surface area (Å²) < 4.78 is 18.8. The summed E-state index contributed by atoms with van der Waals surface area (Å²) in [4.78, 5) is 4.80. The molecule has 1 aliphatic heterocycles. The van der Waals surface area contributed by atoms with E-state index in [9.17, 15) is 4.39 Å². The van der Waals surface area contributed by atoms with E-state index in [0.29, 0.717) is 12.8 Å². The molecule has 4 rings (SSSR count). The van der Waals surface area contributed by atoms with Crippen molar-refractivity contribution in [2.45, 2.75) is 25.7 Å². The van der Waals surface area contributed by atoms with Crippen LogP contribution in [0.1, 0.15) is 34.9 Å². The number of aryl methyl sites for hydroxylation is 1. The van der Waals surface area contributed by atoms with Gasteiger partial charge < -0.3 is 4.52 Å². The summed E-state index contributed by atoms with van der Waals surface area (Å²) >= 11 is 6.42. The number of benzene rings is 2. The van der Waals surface area contributed by atoms with Gasteiger partial charge in [-0.05, 0) is 48.6 Å². The van der Waals surface area contributed by atoms with Crippen LogP contribution in [0, 0.1) is 12.7 Å². The third-order valence-electron chi connectivity index (χ3n) is 4.54. The Hall–Kier alpha value is -2.46. The third-order valence-corrected chi connectivity index (χ3v) is 4.88. The summed E-state index contributed by atoms with van der Waals surface area (Å²) in [5.41, 5.74) is 4.37. The van der Waals surface area contributed by atoms with E-state index in [2.05, 4.69) is 5.16 Å². The number of hydrogen-bond donors (Lipinski definition) is 0. The molecule has 1 aliphatic rings. The number of aromatic nitrogens is 1. The van der Waals surface area contributed by atoms with Gasteiger partial charge in [0.05, 0.1) is 0 Å². The van der Waals surface area contributed by atoms with E-state index >= 15 is 0 Å². The molecule has 3 nitrogen and oxygen atoms in total. The lowest BCUT2D eigenvalue weighted by Crippen LogP contribution is -2.09. The summed E-state index contributed by atoms with van der Waals surface area (Å²) in [6.45, 7) is 1.88. The number of nitrogens with zero attached hydrogens (tertiary/aromatic N) is 2. The second kappa shape index (κ2) is 6.45. The van der Waals surface area contributed by atoms with Gasteiger partial charge in [0.1, 0.15) is 17.2 Å². The minimum Gasteiger partial charge on any atom is -0.359 e. The molecule has 3 aromatic rings. The molecule has 0 fully saturated rings. The van der Waals surface area contributed by atoms with Crippen LogP contribution in [0.2, 0.25) is 5.02 Å². The Labute approximate surface area is 150 Å². The summed E-state index contributed by atoms with van der Waals surface area (Å²) in [6.07, 6.45) is 1.37. The Bertz CT molecular complexity index is 947. The fraction of sp³-hybridized carbons (Fsp3) is 0.200. The Morgan fingerprint density at radius 3 is 2.60 bits per heavy atom. The second-order valence-corrected chi connectivity index (χ2v) is 6.64. The maximum Gasteiger partial charge on any atom is 0.163 e. The van der Waals surface area contributed by atoms with Crippen LogP contribution in [-0.4, -0.2) is 10.9 Å². The minimum absolute atomic E-state index is 0.117. The van der Waals surface area contributed by atoms with Crippen LogP contribution in [0.25, 0.3) is 0 Å². The molecule has 0 spiro atoms. The molecule has 0 radical (unpaired) electrons. The van der Waals surface area contributed by atoms with Crippen LogP contribution in [0.3, 0.4) is 0 Å². The van der Waals surface area contributed by atoms with Gasteiger partial charge in [-0.1, -0.05) is 47.1 Å². The SMILES string of the molecule is Cc1noc2c1N=C(c1ccc(F)cc1)C[C@H](c1ccccc1Cl)C2. The van der Waals surface area contributed by atoms with Crippen molar-refractivity contribution in [1.29, 1.82) is 0 Å². The molecule has 0 aliphatic carbocycles. The number of fused-ring (bicyclic) bond motifs is 1. The highest BCUT2D eigenvalue weighted by atomic mass is 35.5. The zero-order valence-electron chi connectivity index (χ0n) is 13.7. The molecule has 0 amide bonds. The van der Waals surface area contributed by atoms with Gasteiger partial charge in [-0.3, -0.25) is 0 Å². The van der Waals surface area contributed by atoms with Crippen LogP contribution >= 0.6 is 11.6 Å². The average molecular weight is 355 g/mol. The van der Waals surface area contributed by atoms with Crippen molar-refractivity contribution in [2.75, 3.05) is 0 Å². The Morgan fingerprint density at radius 1 is 1.08 bits per heavy atom. The van der Waals surface area contributed by atoms with E-state index in [0.717, 1.165) is 39.0 Å². The first-order chi connectivity index (χ1) is 12.1. The van der Waals surface area contributed by atoms with Gasteiger partial charge in [-0.25, -0.2) is 9.38 Å². The molecule has 0 N–H and O–H groups in total. The van der Waals surface area contributed by atoms with Crippen LogP contribution in [-0.2, 0) is 6.42 Å². The average Bonchev–Trinajstić information content (AvgIpc) is 2.84. The topological polar surface area (TPSA) is 38.4 Å². The smallest absolute Gasteiger partial charge is 0.163 e. The third kappa shape index (κ3) is 3.10. The molecule has 0 saturated carbocycles. The summed E-state index contributed by atoms with van der Waals surface area (Å²) in [7, 11) is 0. The van der Waals surface area contributed by atoms with Crippen LogP contribution in [0.5, 0.6) is 0 Å². The quantitative estimate of drug-likeness (QED) is 0.598. The second-order valence-electron chi connectivity index (χ2n) is 6.23. The standard InChI is InChI=1S/C20H16ClFN2O/c1-12-20-19(25-24-12)11-14(16-4-2-3-5-17(16)21)10-18(23-20)13-6-8-15(22)9-7-13/h2-9,14H,10-11H2,1H3/t14-/m0/s1. The summed E-state index contributed by atoms with van der Waals surface area (Å²) in [5, 5.41) is 4.79. The molecule has 0 saturated heterocycles. The first-order valence-electron chi connectivity index (χ1n) is 8.15. The molecule has 1 atom stereocenters. The molecular weight excluding hydrogens is 339 g/mol. The van der Waals surface area contributed by atoms with Crippen molar-refractivity contribution >= 4 is 23.0 Å². The zero-order valence-corrected chi connectivity index (χ0v) is 14.4. The van der Waals surface area contributed by atoms with Gasteiger partial charge in [-0.15, -0.1) is 0 Å². The van der Waals surface area contributed by atoms with Crippen molar-refractivity contribution in [3.8, 4) is 0 Å². The first-order valence-corrected chi connectivity index (χ1v) is 8.52. The molecule has 0 bridgehead atoms. The van der Waals surface area contributed by atoms with Gasteiger partial charge in [0.15, 0.2) is 5.76 Å². The molecule has 126 valence electrons. The number of halogens is 2. The van der Waals surface area contributed by atoms with E-state index in [1.165, 1.54) is 12.1 Å². The van der Waals surface area contributed by atoms with E-state index < -0.39 is 0 Å². The molecule has 2 heterocycles. The van der Waals surface area contributed by atoms with Crippen molar-refractivity contribution in [3.05, 3.63) is 82.0 Å². The van der Waals surface area contributed by atoms with Crippen molar-refractivity contribution < 1.29 is 8.91 Å². The van der Waals surface area contributed by atoms with Crippen molar-refractivity contribution in [1.82, 2.24) is 5.16 Å². The van der Waals surface area contributed by atoms with E-state index in [-0.39, 0.29) is 11.7 Å². The predicted octanol–water partition coefficient (Wildman–Crippen LogP) is 5.63. The monoisotopic (exact) mass is 354 g/mol. The maximum absolute atomic E-state index is 13.3. The molecule has 1 aromatic heterocycles. The number of hydrogen-bond acceptors (Lipinski definition) is 3. The van der Waals surface area contributed by atoms with Crippen molar-refractivity contribution in [2.24, 2.45) is 4.99 Å². The highest BCUT2D eigenvalue weighted by Gasteiger charge is 2.27. The lowest BCUT2D eigenvalue weighted by molar-refractivity contribution is 0.373. The molecule has 5 heteroatoms. The normalized spacial score (nSPS) is 16.9. The van der Waals surface area contributed by atoms with Gasteiger partial charge in [0.25, 0.3) is 0 Å². The van der Waals surface area contributed by atoms with E-state index in [4.69, 9.17) is 21.1 Å².